The fraction of sp³-hybridized carbons (Fsp3) is 0.0286. The summed E-state index contributed by atoms with van der Waals surface area (Å²) in [6, 6.07) is 36.2. The highest BCUT2D eigenvalue weighted by molar-refractivity contribution is 6.75. The Morgan fingerprint density at radius 1 is 0.605 bits per heavy atom. The first kappa shape index (κ1) is 19.4. The van der Waals surface area contributed by atoms with Gasteiger partial charge in [-0.2, -0.15) is 0 Å². The number of para-hydroxylation sites is 3. The van der Waals surface area contributed by atoms with Crippen LogP contribution in [0.15, 0.2) is 97.1 Å². The minimum absolute atomic E-state index is 0.954. The summed E-state index contributed by atoms with van der Waals surface area (Å²) >= 11 is 0. The predicted octanol–water partition coefficient (Wildman–Crippen LogP) is 7.30. The average molecular weight is 480 g/mol. The molecule has 0 amide bonds. The quantitative estimate of drug-likeness (QED) is 0.238. The molecule has 0 aliphatic carbocycles. The normalized spacial score (nSPS) is 13.1. The third-order valence-electron chi connectivity index (χ3n) is 9.15. The highest BCUT2D eigenvalue weighted by atomic mass is 14.9. The number of nitrogens with one attached hydrogen (secondary N) is 1. The van der Waals surface area contributed by atoms with E-state index in [0.29, 0.717) is 0 Å². The monoisotopic (exact) mass is 480 g/mol. The number of nitrogens with zero attached hydrogens (tertiary/aromatic N) is 1. The number of aromatic nitrogens is 2. The molecule has 0 fully saturated rings. The zero-order valence-corrected chi connectivity index (χ0v) is 20.9. The molecule has 3 aromatic heterocycles. The van der Waals surface area contributed by atoms with E-state index in [1.54, 1.807) is 0 Å². The van der Waals surface area contributed by atoms with Crippen molar-refractivity contribution in [2.45, 2.75) is 6.92 Å². The van der Waals surface area contributed by atoms with Crippen molar-refractivity contribution in [3.63, 3.8) is 0 Å². The van der Waals surface area contributed by atoms with Gasteiger partial charge >= 0.3 is 0 Å². The highest BCUT2D eigenvalue weighted by Crippen LogP contribution is 2.42. The maximum absolute atomic E-state index is 3.84. The second kappa shape index (κ2) is 6.38. The lowest BCUT2D eigenvalue weighted by molar-refractivity contribution is 1.37. The zero-order valence-electron chi connectivity index (χ0n) is 20.9. The molecule has 4 heterocycles. The van der Waals surface area contributed by atoms with Gasteiger partial charge in [-0.3, -0.25) is 0 Å². The van der Waals surface area contributed by atoms with Crippen LogP contribution in [-0.4, -0.2) is 16.7 Å². The van der Waals surface area contributed by atoms with Gasteiger partial charge in [0.2, 0.25) is 0 Å². The first-order valence-electron chi connectivity index (χ1n) is 13.4. The Labute approximate surface area is 218 Å². The molecule has 0 atom stereocenters. The SMILES string of the molecule is Cc1cc(-c2cccc3c2[nH]c2cc4ccccc4cc23)c2c3c1c1cccc4c5cccc(c5n3c41)B2. The van der Waals surface area contributed by atoms with Gasteiger partial charge in [-0.15, -0.1) is 0 Å². The third kappa shape index (κ3) is 2.12. The molecule has 1 aliphatic heterocycles. The van der Waals surface area contributed by atoms with Crippen LogP contribution in [0.3, 0.4) is 0 Å². The summed E-state index contributed by atoms with van der Waals surface area (Å²) in [5, 5.41) is 10.7. The van der Waals surface area contributed by atoms with Gasteiger partial charge in [-0.1, -0.05) is 90.4 Å². The first-order chi connectivity index (χ1) is 18.8. The summed E-state index contributed by atoms with van der Waals surface area (Å²) in [6.45, 7) is 2.29. The molecule has 9 aromatic rings. The van der Waals surface area contributed by atoms with Gasteiger partial charge in [0.25, 0.3) is 0 Å². The van der Waals surface area contributed by atoms with E-state index in [9.17, 15) is 0 Å². The van der Waals surface area contributed by atoms with Crippen molar-refractivity contribution in [1.29, 1.82) is 0 Å². The maximum atomic E-state index is 3.84. The van der Waals surface area contributed by atoms with Gasteiger partial charge < -0.3 is 9.38 Å². The van der Waals surface area contributed by atoms with Crippen molar-refractivity contribution >= 4 is 88.9 Å². The van der Waals surface area contributed by atoms with Gasteiger partial charge in [0.15, 0.2) is 7.28 Å². The van der Waals surface area contributed by atoms with Gasteiger partial charge in [-0.25, -0.2) is 0 Å². The molecule has 174 valence electrons. The van der Waals surface area contributed by atoms with E-state index in [2.05, 4.69) is 113 Å². The van der Waals surface area contributed by atoms with Crippen molar-refractivity contribution in [3.8, 4) is 11.1 Å². The standard InChI is InChI=1S/C35H21BN2/c1-18-15-27(22-10-4-9-21-26-16-19-7-2-3-8-20(19)17-29(26)37-32(21)22)31-35-30(18)25-13-5-11-23-24-12-6-14-28(36-31)34(24)38(35)33(23)25/h2-17,36-37H,1H3. The van der Waals surface area contributed by atoms with Gasteiger partial charge in [0, 0.05) is 54.4 Å². The van der Waals surface area contributed by atoms with Crippen LogP contribution in [0, 0.1) is 6.92 Å². The van der Waals surface area contributed by atoms with Crippen LogP contribution in [-0.2, 0) is 0 Å². The van der Waals surface area contributed by atoms with E-state index < -0.39 is 0 Å². The smallest absolute Gasteiger partial charge is 0.198 e. The van der Waals surface area contributed by atoms with Crippen LogP contribution in [0.1, 0.15) is 5.56 Å². The van der Waals surface area contributed by atoms with Crippen molar-refractivity contribution in [3.05, 3.63) is 103 Å². The van der Waals surface area contributed by atoms with Crippen LogP contribution >= 0.6 is 0 Å². The molecule has 0 bridgehead atoms. The lowest BCUT2D eigenvalue weighted by atomic mass is 9.59. The summed E-state index contributed by atoms with van der Waals surface area (Å²) < 4.78 is 2.58. The Morgan fingerprint density at radius 2 is 1.34 bits per heavy atom. The number of fused-ring (bicyclic) bond motifs is 6. The molecule has 0 unspecified atom stereocenters. The van der Waals surface area contributed by atoms with Crippen LogP contribution in [0.2, 0.25) is 0 Å². The molecular formula is C35H21BN2. The highest BCUT2D eigenvalue weighted by Gasteiger charge is 2.28. The summed E-state index contributed by atoms with van der Waals surface area (Å²) in [5.74, 6) is 0. The third-order valence-corrected chi connectivity index (χ3v) is 9.15. The second-order valence-electron chi connectivity index (χ2n) is 11.1. The van der Waals surface area contributed by atoms with Gasteiger partial charge in [-0.05, 0) is 46.4 Å². The van der Waals surface area contributed by atoms with Crippen molar-refractivity contribution in [2.75, 3.05) is 0 Å². The van der Waals surface area contributed by atoms with Crippen molar-refractivity contribution in [1.82, 2.24) is 9.38 Å². The van der Waals surface area contributed by atoms with E-state index >= 15 is 0 Å². The summed E-state index contributed by atoms with van der Waals surface area (Å²) in [6.07, 6.45) is 0. The topological polar surface area (TPSA) is 20.2 Å². The molecule has 0 saturated carbocycles. The maximum Gasteiger partial charge on any atom is 0.198 e. The first-order valence-corrected chi connectivity index (χ1v) is 13.4. The van der Waals surface area contributed by atoms with E-state index in [-0.39, 0.29) is 0 Å². The van der Waals surface area contributed by atoms with Crippen LogP contribution in [0.4, 0.5) is 0 Å². The molecule has 0 saturated heterocycles. The zero-order chi connectivity index (χ0) is 24.7. The number of aryl methyl sites for hydroxylation is 1. The lowest BCUT2D eigenvalue weighted by Crippen LogP contribution is -2.34. The minimum atomic E-state index is 0.954. The molecule has 3 heteroatoms. The molecule has 6 aromatic carbocycles. The lowest BCUT2D eigenvalue weighted by Gasteiger charge is -2.19. The molecule has 1 N–H and O–H groups in total. The number of hydrogen-bond donors (Lipinski definition) is 1. The minimum Gasteiger partial charge on any atom is -0.354 e. The average Bonchev–Trinajstić information content (AvgIpc) is 3.61. The second-order valence-corrected chi connectivity index (χ2v) is 11.1. The molecule has 1 aliphatic rings. The molecule has 2 nitrogen and oxygen atoms in total. The van der Waals surface area contributed by atoms with E-state index in [0.717, 1.165) is 7.28 Å². The fourth-order valence-corrected chi connectivity index (χ4v) is 7.63. The number of H-pyrrole nitrogens is 1. The number of hydrogen-bond acceptors (Lipinski definition) is 0. The van der Waals surface area contributed by atoms with Gasteiger partial charge in [0.05, 0.1) is 11.0 Å². The van der Waals surface area contributed by atoms with E-state index in [1.807, 2.05) is 0 Å². The van der Waals surface area contributed by atoms with Crippen LogP contribution < -0.4 is 10.9 Å². The summed E-state index contributed by atoms with van der Waals surface area (Å²) in [7, 11) is 0.954. The Morgan fingerprint density at radius 3 is 2.24 bits per heavy atom. The number of benzene rings is 6. The summed E-state index contributed by atoms with van der Waals surface area (Å²) in [4.78, 5) is 3.84. The molecule has 38 heavy (non-hydrogen) atoms. The molecular weight excluding hydrogens is 459 g/mol. The van der Waals surface area contributed by atoms with Crippen molar-refractivity contribution in [2.24, 2.45) is 0 Å². The van der Waals surface area contributed by atoms with Crippen LogP contribution in [0.25, 0.3) is 81.8 Å². The Balaban J connectivity index is 1.38. The Kier molecular flexibility index (Phi) is 3.25. The molecule has 0 radical (unpaired) electrons. The van der Waals surface area contributed by atoms with E-state index in [4.69, 9.17) is 0 Å². The Hall–Kier alpha value is -4.76. The number of aromatic amines is 1. The Bertz CT molecular complexity index is 2490. The molecule has 10 rings (SSSR count). The largest absolute Gasteiger partial charge is 0.354 e. The van der Waals surface area contributed by atoms with Gasteiger partial charge in [0.1, 0.15) is 0 Å². The summed E-state index contributed by atoms with van der Waals surface area (Å²) in [5.41, 5.74) is 13.4. The van der Waals surface area contributed by atoms with E-state index in [1.165, 1.54) is 98.3 Å². The fourth-order valence-electron chi connectivity index (χ4n) is 7.63. The predicted molar refractivity (Wildman–Crippen MR) is 165 cm³/mol. The van der Waals surface area contributed by atoms with Crippen LogP contribution in [0.5, 0.6) is 0 Å². The van der Waals surface area contributed by atoms with Crippen molar-refractivity contribution < 1.29 is 0 Å². The molecule has 0 spiro atoms. The number of rotatable bonds is 1.